The SMILES string of the molecule is CN(Cc1ccsc1)C(=O)N1CC(O)CC1C(=O)O. The van der Waals surface area contributed by atoms with Crippen LogP contribution in [0.5, 0.6) is 0 Å². The number of β-amino-alcohol motifs (C(OH)–C–C–N with tert-alkyl or cyclic N) is 1. The number of carbonyl (C=O) groups excluding carboxylic acids is 1. The second-order valence-electron chi connectivity index (χ2n) is 4.67. The standard InChI is InChI=1S/C12H16N2O4S/c1-13(5-8-2-3-19-7-8)12(18)14-6-9(15)4-10(14)11(16)17/h2-3,7,9-10,15H,4-6H2,1H3,(H,16,17). The van der Waals surface area contributed by atoms with Gasteiger partial charge >= 0.3 is 12.0 Å². The van der Waals surface area contributed by atoms with E-state index in [-0.39, 0.29) is 19.0 Å². The van der Waals surface area contributed by atoms with Crippen molar-refractivity contribution < 1.29 is 19.8 Å². The Balaban J connectivity index is 2.03. The third-order valence-electron chi connectivity index (χ3n) is 3.14. The second kappa shape index (κ2) is 5.58. The molecule has 1 aliphatic heterocycles. The van der Waals surface area contributed by atoms with E-state index >= 15 is 0 Å². The van der Waals surface area contributed by atoms with Gasteiger partial charge in [0.25, 0.3) is 0 Å². The number of aliphatic carboxylic acids is 1. The fraction of sp³-hybridized carbons (Fsp3) is 0.500. The number of aliphatic hydroxyl groups is 1. The highest BCUT2D eigenvalue weighted by Crippen LogP contribution is 2.20. The van der Waals surface area contributed by atoms with Gasteiger partial charge in [-0.05, 0) is 22.4 Å². The summed E-state index contributed by atoms with van der Waals surface area (Å²) < 4.78 is 0. The molecule has 2 atom stereocenters. The van der Waals surface area contributed by atoms with Crippen LogP contribution in [0.4, 0.5) is 4.79 Å². The predicted molar refractivity (Wildman–Crippen MR) is 69.9 cm³/mol. The molecule has 0 radical (unpaired) electrons. The van der Waals surface area contributed by atoms with Gasteiger partial charge in [0.15, 0.2) is 0 Å². The van der Waals surface area contributed by atoms with Crippen molar-refractivity contribution >= 4 is 23.3 Å². The van der Waals surface area contributed by atoms with E-state index < -0.39 is 18.1 Å². The molecule has 19 heavy (non-hydrogen) atoms. The third-order valence-corrected chi connectivity index (χ3v) is 3.87. The summed E-state index contributed by atoms with van der Waals surface area (Å²) >= 11 is 1.55. The Labute approximate surface area is 114 Å². The van der Waals surface area contributed by atoms with Crippen LogP contribution in [0.25, 0.3) is 0 Å². The molecule has 2 heterocycles. The average Bonchev–Trinajstić information content (AvgIpc) is 2.97. The molecule has 0 spiro atoms. The van der Waals surface area contributed by atoms with Gasteiger partial charge in [-0.15, -0.1) is 0 Å². The van der Waals surface area contributed by atoms with Crippen LogP contribution >= 0.6 is 11.3 Å². The fourth-order valence-electron chi connectivity index (χ4n) is 2.20. The first kappa shape index (κ1) is 13.8. The minimum atomic E-state index is -1.08. The lowest BCUT2D eigenvalue weighted by molar-refractivity contribution is -0.141. The molecule has 1 aromatic rings. The van der Waals surface area contributed by atoms with Crippen molar-refractivity contribution in [3.05, 3.63) is 22.4 Å². The Hall–Kier alpha value is -1.60. The predicted octanol–water partition coefficient (Wildman–Crippen LogP) is 0.820. The molecule has 1 fully saturated rings. The number of likely N-dealkylation sites (tertiary alicyclic amines) is 1. The van der Waals surface area contributed by atoms with E-state index in [9.17, 15) is 14.7 Å². The van der Waals surface area contributed by atoms with Crippen LogP contribution in [0.3, 0.4) is 0 Å². The van der Waals surface area contributed by atoms with E-state index in [1.807, 2.05) is 16.8 Å². The van der Waals surface area contributed by atoms with Crippen molar-refractivity contribution in [2.24, 2.45) is 0 Å². The number of carboxylic acids is 1. The Kier molecular flexibility index (Phi) is 4.06. The van der Waals surface area contributed by atoms with Crippen molar-refractivity contribution in [3.8, 4) is 0 Å². The highest BCUT2D eigenvalue weighted by atomic mass is 32.1. The van der Waals surface area contributed by atoms with Crippen molar-refractivity contribution in [3.63, 3.8) is 0 Å². The summed E-state index contributed by atoms with van der Waals surface area (Å²) in [6.07, 6.45) is -0.674. The molecule has 2 N–H and O–H groups in total. The Bertz CT molecular complexity index is 462. The van der Waals surface area contributed by atoms with Crippen molar-refractivity contribution in [1.82, 2.24) is 9.80 Å². The summed E-state index contributed by atoms with van der Waals surface area (Å²) in [7, 11) is 1.63. The normalized spacial score (nSPS) is 22.5. The largest absolute Gasteiger partial charge is 0.480 e. The number of urea groups is 1. The molecule has 1 aromatic heterocycles. The zero-order valence-corrected chi connectivity index (χ0v) is 11.3. The number of nitrogens with zero attached hydrogens (tertiary/aromatic N) is 2. The van der Waals surface area contributed by atoms with Crippen LogP contribution < -0.4 is 0 Å². The molecule has 0 bridgehead atoms. The number of rotatable bonds is 3. The maximum Gasteiger partial charge on any atom is 0.326 e. The zero-order chi connectivity index (χ0) is 14.0. The number of aliphatic hydroxyl groups excluding tert-OH is 1. The van der Waals surface area contributed by atoms with Gasteiger partial charge in [-0.3, -0.25) is 0 Å². The zero-order valence-electron chi connectivity index (χ0n) is 10.5. The van der Waals surface area contributed by atoms with E-state index in [0.29, 0.717) is 6.54 Å². The van der Waals surface area contributed by atoms with Crippen LogP contribution in [0.15, 0.2) is 16.8 Å². The second-order valence-corrected chi connectivity index (χ2v) is 5.45. The molecular weight excluding hydrogens is 268 g/mol. The number of hydrogen-bond acceptors (Lipinski definition) is 4. The molecule has 0 aliphatic carbocycles. The van der Waals surface area contributed by atoms with Gasteiger partial charge in [0, 0.05) is 26.6 Å². The van der Waals surface area contributed by atoms with Crippen LogP contribution in [-0.4, -0.2) is 57.8 Å². The lowest BCUT2D eigenvalue weighted by atomic mass is 10.2. The summed E-state index contributed by atoms with van der Waals surface area (Å²) in [6.45, 7) is 0.505. The maximum atomic E-state index is 12.2. The summed E-state index contributed by atoms with van der Waals surface area (Å²) in [5.41, 5.74) is 1.01. The number of thiophene rings is 1. The lowest BCUT2D eigenvalue weighted by Crippen LogP contribution is -2.46. The first-order valence-corrected chi connectivity index (χ1v) is 6.87. The first-order chi connectivity index (χ1) is 8.99. The molecule has 2 amide bonds. The third kappa shape index (κ3) is 3.05. The van der Waals surface area contributed by atoms with Gasteiger partial charge in [-0.25, -0.2) is 9.59 Å². The topological polar surface area (TPSA) is 81.1 Å². The Morgan fingerprint density at radius 1 is 1.58 bits per heavy atom. The molecule has 1 aliphatic rings. The summed E-state index contributed by atoms with van der Waals surface area (Å²) in [5, 5.41) is 22.5. The van der Waals surface area contributed by atoms with Crippen molar-refractivity contribution in [1.29, 1.82) is 0 Å². The van der Waals surface area contributed by atoms with Gasteiger partial charge in [0.2, 0.25) is 0 Å². The monoisotopic (exact) mass is 284 g/mol. The van der Waals surface area contributed by atoms with Crippen molar-refractivity contribution in [2.45, 2.75) is 25.1 Å². The van der Waals surface area contributed by atoms with Gasteiger partial charge in [0.05, 0.1) is 6.10 Å². The molecule has 0 aromatic carbocycles. The smallest absolute Gasteiger partial charge is 0.326 e. The van der Waals surface area contributed by atoms with Crippen LogP contribution in [-0.2, 0) is 11.3 Å². The summed E-state index contributed by atoms with van der Waals surface area (Å²) in [4.78, 5) is 26.0. The van der Waals surface area contributed by atoms with E-state index in [2.05, 4.69) is 0 Å². The Morgan fingerprint density at radius 2 is 2.32 bits per heavy atom. The molecule has 6 nitrogen and oxygen atoms in total. The van der Waals surface area contributed by atoms with E-state index in [4.69, 9.17) is 5.11 Å². The molecule has 104 valence electrons. The number of amides is 2. The molecule has 7 heteroatoms. The Morgan fingerprint density at radius 3 is 2.89 bits per heavy atom. The number of hydrogen-bond donors (Lipinski definition) is 2. The average molecular weight is 284 g/mol. The summed E-state index contributed by atoms with van der Waals surface area (Å²) in [5.74, 6) is -1.08. The van der Waals surface area contributed by atoms with Gasteiger partial charge in [-0.2, -0.15) is 11.3 Å². The van der Waals surface area contributed by atoms with Crippen LogP contribution in [0.2, 0.25) is 0 Å². The molecule has 0 saturated carbocycles. The number of carboxylic acid groups (broad SMARTS) is 1. The minimum absolute atomic E-state index is 0.0732. The molecule has 2 unspecified atom stereocenters. The van der Waals surface area contributed by atoms with Gasteiger partial charge in [0.1, 0.15) is 6.04 Å². The van der Waals surface area contributed by atoms with Crippen LogP contribution in [0.1, 0.15) is 12.0 Å². The van der Waals surface area contributed by atoms with E-state index in [1.165, 1.54) is 9.80 Å². The first-order valence-electron chi connectivity index (χ1n) is 5.92. The lowest BCUT2D eigenvalue weighted by Gasteiger charge is -2.27. The number of carbonyl (C=O) groups is 2. The van der Waals surface area contributed by atoms with Crippen molar-refractivity contribution in [2.75, 3.05) is 13.6 Å². The quantitative estimate of drug-likeness (QED) is 0.861. The maximum absolute atomic E-state index is 12.2. The molecular formula is C12H16N2O4S. The summed E-state index contributed by atoms with van der Waals surface area (Å²) in [6, 6.07) is 0.615. The van der Waals surface area contributed by atoms with Gasteiger partial charge < -0.3 is 20.0 Å². The minimum Gasteiger partial charge on any atom is -0.480 e. The van der Waals surface area contributed by atoms with Crippen LogP contribution in [0, 0.1) is 0 Å². The van der Waals surface area contributed by atoms with E-state index in [0.717, 1.165) is 5.56 Å². The fourth-order valence-corrected chi connectivity index (χ4v) is 2.86. The highest BCUT2D eigenvalue weighted by molar-refractivity contribution is 7.07. The molecule has 2 rings (SSSR count). The highest BCUT2D eigenvalue weighted by Gasteiger charge is 2.39. The molecule has 1 saturated heterocycles. The van der Waals surface area contributed by atoms with E-state index in [1.54, 1.807) is 18.4 Å². The van der Waals surface area contributed by atoms with Gasteiger partial charge in [-0.1, -0.05) is 0 Å².